The topological polar surface area (TPSA) is 34.0 Å². The number of hydrogen-bond acceptors (Lipinski definition) is 2. The number of nitrogens with zero attached hydrogens (tertiary/aromatic N) is 1. The molecular weight excluding hydrogens is 336 g/mol. The third kappa shape index (κ3) is 2.86. The van der Waals surface area contributed by atoms with Crippen molar-refractivity contribution >= 4 is 22.4 Å². The molecule has 4 heteroatoms. The first-order chi connectivity index (χ1) is 13.2. The van der Waals surface area contributed by atoms with E-state index >= 15 is 0 Å². The van der Waals surface area contributed by atoms with Crippen LogP contribution in [0.2, 0.25) is 0 Å². The second-order valence-corrected chi connectivity index (χ2v) is 7.53. The summed E-state index contributed by atoms with van der Waals surface area (Å²) in [5.74, 6) is 1.01. The van der Waals surface area contributed by atoms with Crippen molar-refractivity contribution in [1.82, 2.24) is 0 Å². The van der Waals surface area contributed by atoms with Crippen LogP contribution in [0.1, 0.15) is 28.8 Å². The summed E-state index contributed by atoms with van der Waals surface area (Å²) in [5, 5.41) is 2.24. The summed E-state index contributed by atoms with van der Waals surface area (Å²) in [6.07, 6.45) is 2.48. The van der Waals surface area contributed by atoms with Gasteiger partial charge in [-0.3, -0.25) is 9.69 Å². The Balaban J connectivity index is 1.42. The summed E-state index contributed by atoms with van der Waals surface area (Å²) in [4.78, 5) is 16.5. The predicted octanol–water partition coefficient (Wildman–Crippen LogP) is 3.01. The van der Waals surface area contributed by atoms with Crippen molar-refractivity contribution in [2.75, 3.05) is 18.7 Å². The van der Waals surface area contributed by atoms with Crippen LogP contribution in [0.25, 0.3) is 10.8 Å². The van der Waals surface area contributed by atoms with E-state index in [0.717, 1.165) is 34.3 Å². The number of nitrogens with one attached hydrogen (secondary N) is 1. The zero-order chi connectivity index (χ0) is 18.4. The molecule has 5 rings (SSSR count). The molecule has 0 spiro atoms. The van der Waals surface area contributed by atoms with Crippen LogP contribution in [-0.2, 0) is 6.54 Å². The maximum Gasteiger partial charge on any atom is 0.263 e. The van der Waals surface area contributed by atoms with Crippen LogP contribution in [0.3, 0.4) is 0 Å². The molecule has 2 aliphatic rings. The first-order valence-electron chi connectivity index (χ1n) is 9.56. The zero-order valence-electron chi connectivity index (χ0n) is 15.4. The molecule has 0 radical (unpaired) electrons. The molecule has 1 fully saturated rings. The molecule has 0 saturated heterocycles. The molecule has 1 aliphatic heterocycles. The number of anilines is 1. The summed E-state index contributed by atoms with van der Waals surface area (Å²) in [5.41, 5.74) is 3.17. The van der Waals surface area contributed by atoms with Crippen LogP contribution in [-0.4, -0.2) is 25.7 Å². The monoisotopic (exact) mass is 359 g/mol. The van der Waals surface area contributed by atoms with Crippen molar-refractivity contribution in [3.63, 3.8) is 0 Å². The second-order valence-electron chi connectivity index (χ2n) is 7.53. The highest BCUT2D eigenvalue weighted by molar-refractivity contribution is 6.24. The smallest absolute Gasteiger partial charge is 0.263 e. The van der Waals surface area contributed by atoms with E-state index in [9.17, 15) is 4.79 Å². The SMILES string of the molecule is COc1ccc(C[NH+](CN2C(=O)c3cccc4cccc2c34)C2CC2)cc1. The molecule has 1 N–H and O–H groups in total. The van der Waals surface area contributed by atoms with Crippen molar-refractivity contribution < 1.29 is 14.4 Å². The third-order valence-electron chi connectivity index (χ3n) is 5.76. The van der Waals surface area contributed by atoms with Gasteiger partial charge in [0.15, 0.2) is 6.67 Å². The van der Waals surface area contributed by atoms with Crippen LogP contribution >= 0.6 is 0 Å². The number of ether oxygens (including phenoxy) is 1. The van der Waals surface area contributed by atoms with Gasteiger partial charge in [-0.1, -0.05) is 24.3 Å². The third-order valence-corrected chi connectivity index (χ3v) is 5.76. The Kier molecular flexibility index (Phi) is 3.87. The van der Waals surface area contributed by atoms with Gasteiger partial charge in [0.05, 0.1) is 24.4 Å². The van der Waals surface area contributed by atoms with E-state index < -0.39 is 0 Å². The molecule has 4 nitrogen and oxygen atoms in total. The van der Waals surface area contributed by atoms with E-state index in [0.29, 0.717) is 12.7 Å². The highest BCUT2D eigenvalue weighted by Crippen LogP contribution is 2.36. The number of carbonyl (C=O) groups excluding carboxylic acids is 1. The molecule has 0 aromatic heterocycles. The Morgan fingerprint density at radius 2 is 1.78 bits per heavy atom. The quantitative estimate of drug-likeness (QED) is 0.734. The molecule has 1 heterocycles. The van der Waals surface area contributed by atoms with Crippen LogP contribution in [0.4, 0.5) is 5.69 Å². The number of benzene rings is 3. The van der Waals surface area contributed by atoms with E-state index in [1.54, 1.807) is 7.11 Å². The Morgan fingerprint density at radius 1 is 1.04 bits per heavy atom. The summed E-state index contributed by atoms with van der Waals surface area (Å²) in [6.45, 7) is 1.63. The van der Waals surface area contributed by atoms with Crippen molar-refractivity contribution in [2.45, 2.75) is 25.4 Å². The molecule has 1 aliphatic carbocycles. The van der Waals surface area contributed by atoms with Gasteiger partial charge in [0, 0.05) is 23.8 Å². The lowest BCUT2D eigenvalue weighted by atomic mass is 10.1. The summed E-state index contributed by atoms with van der Waals surface area (Å²) in [6, 6.07) is 21.1. The van der Waals surface area contributed by atoms with Gasteiger partial charge in [0.25, 0.3) is 5.91 Å². The van der Waals surface area contributed by atoms with Gasteiger partial charge >= 0.3 is 0 Å². The lowest BCUT2D eigenvalue weighted by Gasteiger charge is -2.26. The van der Waals surface area contributed by atoms with Gasteiger partial charge in [-0.05, 0) is 41.8 Å². The first-order valence-corrected chi connectivity index (χ1v) is 9.56. The molecule has 27 heavy (non-hydrogen) atoms. The molecule has 3 aromatic rings. The molecular formula is C23H23N2O2+. The first kappa shape index (κ1) is 16.3. The van der Waals surface area contributed by atoms with Crippen molar-refractivity contribution in [2.24, 2.45) is 0 Å². The average molecular weight is 359 g/mol. The van der Waals surface area contributed by atoms with Gasteiger partial charge in [0.1, 0.15) is 12.3 Å². The number of hydrogen-bond donors (Lipinski definition) is 1. The minimum absolute atomic E-state index is 0.134. The molecule has 1 unspecified atom stereocenters. The fourth-order valence-corrected chi connectivity index (χ4v) is 4.17. The number of methoxy groups -OCH3 is 1. The van der Waals surface area contributed by atoms with Crippen LogP contribution in [0.15, 0.2) is 60.7 Å². The maximum atomic E-state index is 13.1. The average Bonchev–Trinajstić information content (AvgIpc) is 3.52. The zero-order valence-corrected chi connectivity index (χ0v) is 15.4. The minimum atomic E-state index is 0.134. The molecule has 0 bridgehead atoms. The normalized spacial score (nSPS) is 16.8. The minimum Gasteiger partial charge on any atom is -0.497 e. The van der Waals surface area contributed by atoms with Gasteiger partial charge < -0.3 is 9.64 Å². The Hall–Kier alpha value is -2.85. The van der Waals surface area contributed by atoms with E-state index in [1.807, 2.05) is 35.2 Å². The van der Waals surface area contributed by atoms with Crippen LogP contribution < -0.4 is 14.5 Å². The lowest BCUT2D eigenvalue weighted by Crippen LogP contribution is -3.13. The molecule has 3 aromatic carbocycles. The second kappa shape index (κ2) is 6.39. The van der Waals surface area contributed by atoms with Gasteiger partial charge in [-0.15, -0.1) is 0 Å². The van der Waals surface area contributed by atoms with Crippen molar-refractivity contribution in [3.05, 3.63) is 71.8 Å². The summed E-state index contributed by atoms with van der Waals surface area (Å²) in [7, 11) is 1.69. The molecule has 136 valence electrons. The molecule has 1 saturated carbocycles. The number of carbonyl (C=O) groups is 1. The highest BCUT2D eigenvalue weighted by atomic mass is 16.5. The Bertz CT molecular complexity index is 1000. The predicted molar refractivity (Wildman–Crippen MR) is 106 cm³/mol. The maximum absolute atomic E-state index is 13.1. The Morgan fingerprint density at radius 3 is 2.48 bits per heavy atom. The fourth-order valence-electron chi connectivity index (χ4n) is 4.17. The van der Waals surface area contributed by atoms with Crippen LogP contribution in [0, 0.1) is 0 Å². The van der Waals surface area contributed by atoms with Gasteiger partial charge in [0.2, 0.25) is 0 Å². The van der Waals surface area contributed by atoms with E-state index in [2.05, 4.69) is 30.3 Å². The van der Waals surface area contributed by atoms with Gasteiger partial charge in [-0.2, -0.15) is 0 Å². The molecule has 1 amide bonds. The van der Waals surface area contributed by atoms with Crippen molar-refractivity contribution in [1.29, 1.82) is 0 Å². The number of amides is 1. The highest BCUT2D eigenvalue weighted by Gasteiger charge is 2.38. The van der Waals surface area contributed by atoms with E-state index in [4.69, 9.17) is 4.74 Å². The standard InChI is InChI=1S/C23H22N2O2/c1-27-19-12-8-16(9-13-19)14-24(18-10-11-18)15-25-21-7-3-5-17-4-2-6-20(22(17)21)23(25)26/h2-9,12-13,18H,10-11,14-15H2,1H3/p+1. The van der Waals surface area contributed by atoms with Crippen molar-refractivity contribution in [3.8, 4) is 5.75 Å². The lowest BCUT2D eigenvalue weighted by molar-refractivity contribution is -0.923. The van der Waals surface area contributed by atoms with E-state index in [1.165, 1.54) is 23.3 Å². The number of quaternary nitrogens is 1. The molecule has 1 atom stereocenters. The summed E-state index contributed by atoms with van der Waals surface area (Å²) < 4.78 is 5.26. The van der Waals surface area contributed by atoms with E-state index in [-0.39, 0.29) is 5.91 Å². The largest absolute Gasteiger partial charge is 0.497 e. The summed E-state index contributed by atoms with van der Waals surface area (Å²) >= 11 is 0. The number of rotatable bonds is 6. The van der Waals surface area contributed by atoms with Gasteiger partial charge in [-0.25, -0.2) is 0 Å². The van der Waals surface area contributed by atoms with Crippen LogP contribution in [0.5, 0.6) is 5.75 Å². The fraction of sp³-hybridized carbons (Fsp3) is 0.261. The Labute approximate surface area is 159 Å².